The maximum absolute atomic E-state index is 5.84. The first-order valence-corrected chi connectivity index (χ1v) is 7.02. The quantitative estimate of drug-likeness (QED) is 0.671. The van der Waals surface area contributed by atoms with Crippen LogP contribution >= 0.6 is 15.9 Å². The van der Waals surface area contributed by atoms with Crippen LogP contribution in [0.3, 0.4) is 0 Å². The van der Waals surface area contributed by atoms with Crippen LogP contribution < -0.4 is 4.57 Å². The van der Waals surface area contributed by atoms with Gasteiger partial charge in [-0.1, -0.05) is 6.07 Å². The molecule has 0 saturated heterocycles. The molecule has 0 radical (unpaired) electrons. The number of hydrogen-bond acceptors (Lipinski definition) is 2. The number of pyridine rings is 1. The molecule has 3 rings (SSSR count). The fraction of sp³-hybridized carbons (Fsp3) is 0.200. The maximum Gasteiger partial charge on any atom is 0.233 e. The molecule has 0 aliphatic heterocycles. The zero-order chi connectivity index (χ0) is 13.4. The summed E-state index contributed by atoms with van der Waals surface area (Å²) in [7, 11) is 0. The Hall–Kier alpha value is -1.68. The smallest absolute Gasteiger partial charge is 0.233 e. The predicted octanol–water partition coefficient (Wildman–Crippen LogP) is 3.87. The summed E-state index contributed by atoms with van der Waals surface area (Å²) in [4.78, 5) is 4.54. The van der Waals surface area contributed by atoms with Crippen molar-refractivity contribution in [1.29, 1.82) is 0 Å². The van der Waals surface area contributed by atoms with Crippen molar-refractivity contribution >= 4 is 27.0 Å². The van der Waals surface area contributed by atoms with E-state index in [1.54, 1.807) is 0 Å². The molecule has 1 aromatic carbocycles. The molecular formula is C15H14BrN2O+. The highest BCUT2D eigenvalue weighted by atomic mass is 79.9. The molecule has 3 aromatic rings. The molecule has 0 unspecified atom stereocenters. The standard InChI is InChI=1S/C15H14BrN2O/c1-3-18-8-11(7-12(16)9-18)15-17-13-5-4-10(2)6-14(13)19-15/h4-9H,3H2,1-2H3/q+1. The third-order valence-corrected chi connectivity index (χ3v) is 3.48. The molecule has 2 heterocycles. The van der Waals surface area contributed by atoms with Crippen molar-refractivity contribution in [2.24, 2.45) is 0 Å². The van der Waals surface area contributed by atoms with Gasteiger partial charge in [-0.3, -0.25) is 0 Å². The Kier molecular flexibility index (Phi) is 3.11. The topological polar surface area (TPSA) is 29.9 Å². The molecule has 0 N–H and O–H groups in total. The van der Waals surface area contributed by atoms with Crippen molar-refractivity contribution in [3.8, 4) is 11.5 Å². The highest BCUT2D eigenvalue weighted by Gasteiger charge is 2.13. The van der Waals surface area contributed by atoms with Gasteiger partial charge in [-0.25, -0.2) is 9.55 Å². The van der Waals surface area contributed by atoms with E-state index < -0.39 is 0 Å². The fourth-order valence-electron chi connectivity index (χ4n) is 2.05. The van der Waals surface area contributed by atoms with Gasteiger partial charge in [-0.2, -0.15) is 0 Å². The van der Waals surface area contributed by atoms with Gasteiger partial charge in [0, 0.05) is 0 Å². The SMILES string of the molecule is CC[n+]1cc(Br)cc(-c2nc3ccc(C)cc3o2)c1. The number of oxazole rings is 1. The second-order valence-electron chi connectivity index (χ2n) is 4.56. The molecular weight excluding hydrogens is 304 g/mol. The first kappa shape index (κ1) is 12.4. The summed E-state index contributed by atoms with van der Waals surface area (Å²) < 4.78 is 8.96. The molecule has 19 heavy (non-hydrogen) atoms. The summed E-state index contributed by atoms with van der Waals surface area (Å²) >= 11 is 3.52. The Balaban J connectivity index is 2.15. The van der Waals surface area contributed by atoms with E-state index in [0.717, 1.165) is 27.7 Å². The normalized spacial score (nSPS) is 11.1. The van der Waals surface area contributed by atoms with Gasteiger partial charge in [-0.15, -0.1) is 0 Å². The minimum atomic E-state index is 0.657. The third-order valence-electron chi connectivity index (χ3n) is 3.04. The monoisotopic (exact) mass is 317 g/mol. The molecule has 3 nitrogen and oxygen atoms in total. The van der Waals surface area contributed by atoms with Crippen molar-refractivity contribution in [3.05, 3.63) is 46.7 Å². The van der Waals surface area contributed by atoms with Crippen LogP contribution in [-0.4, -0.2) is 4.98 Å². The van der Waals surface area contributed by atoms with Gasteiger partial charge in [0.05, 0.1) is 4.47 Å². The second-order valence-corrected chi connectivity index (χ2v) is 5.48. The second kappa shape index (κ2) is 4.78. The molecule has 0 saturated carbocycles. The van der Waals surface area contributed by atoms with Crippen molar-refractivity contribution in [2.75, 3.05) is 0 Å². The Morgan fingerprint density at radius 1 is 1.26 bits per heavy atom. The largest absolute Gasteiger partial charge is 0.436 e. The lowest BCUT2D eigenvalue weighted by Gasteiger charge is -1.96. The molecule has 96 valence electrons. The van der Waals surface area contributed by atoms with Crippen LogP contribution in [0.2, 0.25) is 0 Å². The lowest BCUT2D eigenvalue weighted by molar-refractivity contribution is -0.693. The Morgan fingerprint density at radius 3 is 2.89 bits per heavy atom. The molecule has 0 aliphatic carbocycles. The van der Waals surface area contributed by atoms with E-state index in [-0.39, 0.29) is 0 Å². The number of aryl methyl sites for hydroxylation is 2. The average Bonchev–Trinajstić information content (AvgIpc) is 2.80. The Labute approximate surface area is 120 Å². The Bertz CT molecular complexity index is 749. The number of aromatic nitrogens is 2. The number of benzene rings is 1. The van der Waals surface area contributed by atoms with Gasteiger partial charge in [-0.05, 0) is 53.5 Å². The number of fused-ring (bicyclic) bond motifs is 1. The summed E-state index contributed by atoms with van der Waals surface area (Å²) in [5.41, 5.74) is 3.87. The number of rotatable bonds is 2. The number of nitrogens with zero attached hydrogens (tertiary/aromatic N) is 2. The van der Waals surface area contributed by atoms with Crippen molar-refractivity contribution in [1.82, 2.24) is 4.98 Å². The average molecular weight is 318 g/mol. The molecule has 0 amide bonds. The maximum atomic E-state index is 5.84. The fourth-order valence-corrected chi connectivity index (χ4v) is 2.56. The molecule has 0 atom stereocenters. The van der Waals surface area contributed by atoms with Gasteiger partial charge in [0.2, 0.25) is 5.89 Å². The van der Waals surface area contributed by atoms with Gasteiger partial charge < -0.3 is 4.42 Å². The van der Waals surface area contributed by atoms with Crippen LogP contribution in [0.15, 0.2) is 45.5 Å². The van der Waals surface area contributed by atoms with E-state index in [1.807, 2.05) is 43.6 Å². The summed E-state index contributed by atoms with van der Waals surface area (Å²) in [5.74, 6) is 0.657. The lowest BCUT2D eigenvalue weighted by Crippen LogP contribution is -2.31. The summed E-state index contributed by atoms with van der Waals surface area (Å²) in [5, 5.41) is 0. The summed E-state index contributed by atoms with van der Waals surface area (Å²) in [6.45, 7) is 5.06. The van der Waals surface area contributed by atoms with Gasteiger partial charge in [0.15, 0.2) is 18.0 Å². The molecule has 0 aliphatic rings. The highest BCUT2D eigenvalue weighted by molar-refractivity contribution is 9.10. The molecule has 0 bridgehead atoms. The molecule has 4 heteroatoms. The van der Waals surface area contributed by atoms with Crippen LogP contribution in [-0.2, 0) is 6.54 Å². The first-order valence-electron chi connectivity index (χ1n) is 6.23. The van der Waals surface area contributed by atoms with E-state index in [0.29, 0.717) is 5.89 Å². The van der Waals surface area contributed by atoms with Crippen LogP contribution in [0.1, 0.15) is 12.5 Å². The Morgan fingerprint density at radius 2 is 2.11 bits per heavy atom. The van der Waals surface area contributed by atoms with Gasteiger partial charge in [0.25, 0.3) is 0 Å². The predicted molar refractivity (Wildman–Crippen MR) is 77.8 cm³/mol. The lowest BCUT2D eigenvalue weighted by atomic mass is 10.2. The van der Waals surface area contributed by atoms with Crippen LogP contribution in [0, 0.1) is 6.92 Å². The minimum absolute atomic E-state index is 0.657. The molecule has 0 spiro atoms. The first-order chi connectivity index (χ1) is 9.15. The van der Waals surface area contributed by atoms with E-state index in [1.165, 1.54) is 5.56 Å². The van der Waals surface area contributed by atoms with Gasteiger partial charge in [0.1, 0.15) is 17.6 Å². The van der Waals surface area contributed by atoms with E-state index in [2.05, 4.69) is 32.4 Å². The van der Waals surface area contributed by atoms with E-state index >= 15 is 0 Å². The zero-order valence-electron chi connectivity index (χ0n) is 10.9. The highest BCUT2D eigenvalue weighted by Crippen LogP contribution is 2.25. The number of hydrogen-bond donors (Lipinski definition) is 0. The zero-order valence-corrected chi connectivity index (χ0v) is 12.4. The number of halogens is 1. The van der Waals surface area contributed by atoms with Crippen LogP contribution in [0.25, 0.3) is 22.6 Å². The molecule has 0 fully saturated rings. The van der Waals surface area contributed by atoms with Crippen molar-refractivity contribution in [2.45, 2.75) is 20.4 Å². The van der Waals surface area contributed by atoms with E-state index in [4.69, 9.17) is 4.42 Å². The van der Waals surface area contributed by atoms with Crippen molar-refractivity contribution < 1.29 is 8.98 Å². The summed E-state index contributed by atoms with van der Waals surface area (Å²) in [6.07, 6.45) is 4.08. The van der Waals surface area contributed by atoms with E-state index in [9.17, 15) is 0 Å². The molecule has 2 aromatic heterocycles. The van der Waals surface area contributed by atoms with Crippen molar-refractivity contribution in [3.63, 3.8) is 0 Å². The van der Waals surface area contributed by atoms with Gasteiger partial charge >= 0.3 is 0 Å². The van der Waals surface area contributed by atoms with Crippen LogP contribution in [0.5, 0.6) is 0 Å². The van der Waals surface area contributed by atoms with Crippen LogP contribution in [0.4, 0.5) is 0 Å². The third kappa shape index (κ3) is 2.40. The summed E-state index contributed by atoms with van der Waals surface area (Å²) in [6, 6.07) is 8.06. The minimum Gasteiger partial charge on any atom is -0.436 e.